The quantitative estimate of drug-likeness (QED) is 0.815. The van der Waals surface area contributed by atoms with Crippen molar-refractivity contribution in [3.63, 3.8) is 0 Å². The summed E-state index contributed by atoms with van der Waals surface area (Å²) in [6.45, 7) is 3.30. The number of nitrogens with zero attached hydrogens (tertiary/aromatic N) is 2. The fourth-order valence-corrected chi connectivity index (χ4v) is 2.99. The molecule has 1 fully saturated rings. The predicted molar refractivity (Wildman–Crippen MR) is 102 cm³/mol. The van der Waals surface area contributed by atoms with Gasteiger partial charge in [0.25, 0.3) is 0 Å². The summed E-state index contributed by atoms with van der Waals surface area (Å²) < 4.78 is 18.6. The third-order valence-corrected chi connectivity index (χ3v) is 4.38. The van der Waals surface area contributed by atoms with E-state index in [1.54, 1.807) is 17.0 Å². The molecule has 0 aromatic heterocycles. The minimum Gasteiger partial charge on any atom is -0.494 e. The minimum absolute atomic E-state index is 0.0771. The van der Waals surface area contributed by atoms with Crippen molar-refractivity contribution in [1.29, 1.82) is 0 Å². The first-order valence-electron chi connectivity index (χ1n) is 8.52. The van der Waals surface area contributed by atoms with Gasteiger partial charge in [0, 0.05) is 24.5 Å². The van der Waals surface area contributed by atoms with E-state index in [9.17, 15) is 14.0 Å². The molecule has 0 aliphatic carbocycles. The molecule has 27 heavy (non-hydrogen) atoms. The van der Waals surface area contributed by atoms with Crippen LogP contribution in [0.5, 0.6) is 5.75 Å². The number of carbonyl (C=O) groups is 2. The highest BCUT2D eigenvalue weighted by atomic mass is 35.5. The zero-order valence-corrected chi connectivity index (χ0v) is 15.5. The maximum absolute atomic E-state index is 13.2. The van der Waals surface area contributed by atoms with Crippen LogP contribution < -0.4 is 15.0 Å². The van der Waals surface area contributed by atoms with Crippen molar-refractivity contribution >= 4 is 34.9 Å². The number of halogens is 2. The van der Waals surface area contributed by atoms with Crippen LogP contribution in [0.15, 0.2) is 42.5 Å². The van der Waals surface area contributed by atoms with Crippen molar-refractivity contribution in [1.82, 2.24) is 4.90 Å². The van der Waals surface area contributed by atoms with Gasteiger partial charge in [0.2, 0.25) is 5.91 Å². The van der Waals surface area contributed by atoms with E-state index >= 15 is 0 Å². The molecular weight excluding hydrogens is 373 g/mol. The van der Waals surface area contributed by atoms with Crippen LogP contribution in [0.3, 0.4) is 0 Å². The van der Waals surface area contributed by atoms with Gasteiger partial charge in [0.1, 0.15) is 18.1 Å². The Bertz CT molecular complexity index is 845. The second kappa shape index (κ2) is 8.26. The average molecular weight is 392 g/mol. The predicted octanol–water partition coefficient (Wildman–Crippen LogP) is 3.76. The van der Waals surface area contributed by atoms with E-state index in [0.717, 1.165) is 11.4 Å². The SMILES string of the molecule is CCOc1ccc(N2CCN(CC(=O)Nc3ccc(F)c(Cl)c3)C2=O)cc1. The van der Waals surface area contributed by atoms with Gasteiger partial charge in [-0.15, -0.1) is 0 Å². The van der Waals surface area contributed by atoms with E-state index < -0.39 is 5.82 Å². The van der Waals surface area contributed by atoms with E-state index in [0.29, 0.717) is 25.4 Å². The number of hydrogen-bond acceptors (Lipinski definition) is 3. The summed E-state index contributed by atoms with van der Waals surface area (Å²) >= 11 is 5.70. The first-order valence-corrected chi connectivity index (χ1v) is 8.90. The van der Waals surface area contributed by atoms with Gasteiger partial charge < -0.3 is 15.0 Å². The highest BCUT2D eigenvalue weighted by Gasteiger charge is 2.30. The van der Waals surface area contributed by atoms with Crippen molar-refractivity contribution < 1.29 is 18.7 Å². The lowest BCUT2D eigenvalue weighted by Gasteiger charge is -2.19. The lowest BCUT2D eigenvalue weighted by molar-refractivity contribution is -0.116. The number of anilines is 2. The van der Waals surface area contributed by atoms with Crippen molar-refractivity contribution in [2.24, 2.45) is 0 Å². The molecule has 8 heteroatoms. The number of nitrogens with one attached hydrogen (secondary N) is 1. The second-order valence-electron chi connectivity index (χ2n) is 5.96. The Morgan fingerprint density at radius 2 is 1.96 bits per heavy atom. The lowest BCUT2D eigenvalue weighted by atomic mass is 10.3. The summed E-state index contributed by atoms with van der Waals surface area (Å²) in [6, 6.07) is 10.9. The number of urea groups is 1. The summed E-state index contributed by atoms with van der Waals surface area (Å²) in [5, 5.41) is 2.54. The largest absolute Gasteiger partial charge is 0.494 e. The zero-order chi connectivity index (χ0) is 19.4. The van der Waals surface area contributed by atoms with Gasteiger partial charge in [-0.2, -0.15) is 0 Å². The van der Waals surface area contributed by atoms with E-state index in [1.165, 1.54) is 23.1 Å². The Morgan fingerprint density at radius 1 is 1.22 bits per heavy atom. The third-order valence-electron chi connectivity index (χ3n) is 4.09. The van der Waals surface area contributed by atoms with Crippen molar-refractivity contribution in [2.75, 3.05) is 36.5 Å². The molecule has 142 valence electrons. The molecule has 6 nitrogen and oxygen atoms in total. The Labute approximate surface area is 161 Å². The molecule has 1 N–H and O–H groups in total. The van der Waals surface area contributed by atoms with Gasteiger partial charge in [0.15, 0.2) is 0 Å². The van der Waals surface area contributed by atoms with Gasteiger partial charge in [-0.25, -0.2) is 9.18 Å². The Kier molecular flexibility index (Phi) is 5.81. The second-order valence-corrected chi connectivity index (χ2v) is 6.37. The van der Waals surface area contributed by atoms with E-state index in [1.807, 2.05) is 19.1 Å². The fourth-order valence-electron chi connectivity index (χ4n) is 2.81. The van der Waals surface area contributed by atoms with Crippen LogP contribution in [-0.2, 0) is 4.79 Å². The van der Waals surface area contributed by atoms with Crippen molar-refractivity contribution in [3.8, 4) is 5.75 Å². The lowest BCUT2D eigenvalue weighted by Crippen LogP contribution is -2.37. The molecule has 1 saturated heterocycles. The molecule has 0 unspecified atom stereocenters. The van der Waals surface area contributed by atoms with Crippen LogP contribution >= 0.6 is 11.6 Å². The Hall–Kier alpha value is -2.80. The van der Waals surface area contributed by atoms with E-state index in [-0.39, 0.29) is 23.5 Å². The third kappa shape index (κ3) is 4.49. The fraction of sp³-hybridized carbons (Fsp3) is 0.263. The van der Waals surface area contributed by atoms with E-state index in [4.69, 9.17) is 16.3 Å². The first kappa shape index (κ1) is 19.0. The molecule has 3 amide bonds. The zero-order valence-electron chi connectivity index (χ0n) is 14.7. The molecule has 0 radical (unpaired) electrons. The van der Waals surface area contributed by atoms with Gasteiger partial charge in [0.05, 0.1) is 11.6 Å². The Morgan fingerprint density at radius 3 is 2.63 bits per heavy atom. The number of carbonyl (C=O) groups excluding carboxylic acids is 2. The van der Waals surface area contributed by atoms with Crippen molar-refractivity contribution in [3.05, 3.63) is 53.3 Å². The van der Waals surface area contributed by atoms with Crippen LogP contribution in [0.1, 0.15) is 6.92 Å². The maximum atomic E-state index is 13.2. The molecule has 0 atom stereocenters. The Balaban J connectivity index is 1.59. The number of benzene rings is 2. The smallest absolute Gasteiger partial charge is 0.325 e. The maximum Gasteiger partial charge on any atom is 0.325 e. The summed E-state index contributed by atoms with van der Waals surface area (Å²) in [7, 11) is 0. The summed E-state index contributed by atoms with van der Waals surface area (Å²) in [6.07, 6.45) is 0. The van der Waals surface area contributed by atoms with Gasteiger partial charge in [-0.3, -0.25) is 9.69 Å². The molecule has 2 aromatic carbocycles. The molecule has 1 heterocycles. The molecule has 1 aliphatic rings. The average Bonchev–Trinajstić information content (AvgIpc) is 3.00. The molecule has 0 spiro atoms. The molecule has 1 aliphatic heterocycles. The number of ether oxygens (including phenoxy) is 1. The van der Waals surface area contributed by atoms with E-state index in [2.05, 4.69) is 5.32 Å². The standard InChI is InChI=1S/C19H19ClFN3O3/c1-2-27-15-6-4-14(5-7-15)24-10-9-23(19(24)26)12-18(25)22-13-3-8-17(21)16(20)11-13/h3-8,11H,2,9-10,12H2,1H3,(H,22,25). The van der Waals surface area contributed by atoms with Crippen LogP contribution in [0.2, 0.25) is 5.02 Å². The molecule has 2 aromatic rings. The summed E-state index contributed by atoms with van der Waals surface area (Å²) in [5.41, 5.74) is 1.12. The molecule has 3 rings (SSSR count). The summed E-state index contributed by atoms with van der Waals surface area (Å²) in [4.78, 5) is 27.8. The highest BCUT2D eigenvalue weighted by molar-refractivity contribution is 6.31. The monoisotopic (exact) mass is 391 g/mol. The molecule has 0 saturated carbocycles. The normalized spacial score (nSPS) is 13.8. The number of hydrogen-bond donors (Lipinski definition) is 1. The van der Waals surface area contributed by atoms with Gasteiger partial charge >= 0.3 is 6.03 Å². The summed E-state index contributed by atoms with van der Waals surface area (Å²) in [5.74, 6) is -0.197. The van der Waals surface area contributed by atoms with Gasteiger partial charge in [-0.05, 0) is 49.4 Å². The van der Waals surface area contributed by atoms with Crippen LogP contribution in [0.25, 0.3) is 0 Å². The highest BCUT2D eigenvalue weighted by Crippen LogP contribution is 2.24. The number of amides is 3. The van der Waals surface area contributed by atoms with Crippen LogP contribution in [0, 0.1) is 5.82 Å². The number of rotatable bonds is 6. The van der Waals surface area contributed by atoms with Crippen LogP contribution in [0.4, 0.5) is 20.6 Å². The minimum atomic E-state index is -0.560. The molecular formula is C19H19ClFN3O3. The van der Waals surface area contributed by atoms with Crippen molar-refractivity contribution in [2.45, 2.75) is 6.92 Å². The topological polar surface area (TPSA) is 61.9 Å². The van der Waals surface area contributed by atoms with Gasteiger partial charge in [-0.1, -0.05) is 11.6 Å². The first-order chi connectivity index (χ1) is 13.0. The van der Waals surface area contributed by atoms with Crippen LogP contribution in [-0.4, -0.2) is 43.1 Å². The molecule has 0 bridgehead atoms.